The molecule has 4 rings (SSSR count). The monoisotopic (exact) mass is 322 g/mol. The molecule has 3 aromatic rings. The fourth-order valence-corrected chi connectivity index (χ4v) is 3.53. The van der Waals surface area contributed by atoms with Gasteiger partial charge in [-0.25, -0.2) is 9.97 Å². The third kappa shape index (κ3) is 2.73. The van der Waals surface area contributed by atoms with Gasteiger partial charge in [-0.2, -0.15) is 5.10 Å². The summed E-state index contributed by atoms with van der Waals surface area (Å²) in [6.45, 7) is 3.03. The smallest absolute Gasteiger partial charge is 0.163 e. The molecule has 0 radical (unpaired) electrons. The van der Waals surface area contributed by atoms with Crippen molar-refractivity contribution in [3.05, 3.63) is 48.4 Å². The van der Waals surface area contributed by atoms with Crippen molar-refractivity contribution in [2.24, 2.45) is 7.05 Å². The van der Waals surface area contributed by atoms with E-state index in [9.17, 15) is 0 Å². The fourth-order valence-electron chi connectivity index (χ4n) is 3.53. The molecule has 6 heteroatoms. The van der Waals surface area contributed by atoms with Crippen LogP contribution in [0.25, 0.3) is 11.0 Å². The Balaban J connectivity index is 1.70. The summed E-state index contributed by atoms with van der Waals surface area (Å²) < 4.78 is 1.81. The van der Waals surface area contributed by atoms with E-state index in [1.165, 1.54) is 5.56 Å². The Morgan fingerprint density at radius 2 is 1.92 bits per heavy atom. The van der Waals surface area contributed by atoms with E-state index in [0.29, 0.717) is 6.04 Å². The van der Waals surface area contributed by atoms with Gasteiger partial charge in [0.1, 0.15) is 12.1 Å². The molecular weight excluding hydrogens is 300 g/mol. The second-order valence-corrected chi connectivity index (χ2v) is 6.50. The fraction of sp³-hybridized carbons (Fsp3) is 0.389. The molecule has 1 saturated heterocycles. The minimum absolute atomic E-state index is 0.393. The van der Waals surface area contributed by atoms with Crippen molar-refractivity contribution in [2.75, 3.05) is 31.6 Å². The van der Waals surface area contributed by atoms with E-state index in [0.717, 1.165) is 42.9 Å². The second kappa shape index (κ2) is 6.20. The predicted octanol–water partition coefficient (Wildman–Crippen LogP) is 1.73. The Labute approximate surface area is 141 Å². The summed E-state index contributed by atoms with van der Waals surface area (Å²) in [5, 5.41) is 5.38. The van der Waals surface area contributed by atoms with Crippen molar-refractivity contribution >= 4 is 16.9 Å². The molecule has 24 heavy (non-hydrogen) atoms. The number of hydrogen-bond acceptors (Lipinski definition) is 5. The van der Waals surface area contributed by atoms with Crippen molar-refractivity contribution < 1.29 is 0 Å². The van der Waals surface area contributed by atoms with Crippen molar-refractivity contribution in [1.29, 1.82) is 0 Å². The minimum Gasteiger partial charge on any atom is -0.350 e. The van der Waals surface area contributed by atoms with E-state index in [4.69, 9.17) is 0 Å². The Morgan fingerprint density at radius 3 is 2.75 bits per heavy atom. The Hall–Kier alpha value is -2.47. The number of anilines is 1. The van der Waals surface area contributed by atoms with Gasteiger partial charge in [0, 0.05) is 32.7 Å². The van der Waals surface area contributed by atoms with Crippen LogP contribution in [0.5, 0.6) is 0 Å². The van der Waals surface area contributed by atoms with E-state index in [-0.39, 0.29) is 0 Å². The maximum atomic E-state index is 4.60. The van der Waals surface area contributed by atoms with Crippen LogP contribution >= 0.6 is 0 Å². The van der Waals surface area contributed by atoms with Gasteiger partial charge in [-0.1, -0.05) is 30.3 Å². The third-order valence-corrected chi connectivity index (χ3v) is 4.78. The van der Waals surface area contributed by atoms with Crippen LogP contribution in [0.15, 0.2) is 42.9 Å². The molecule has 3 heterocycles. The van der Waals surface area contributed by atoms with Gasteiger partial charge in [0.25, 0.3) is 0 Å². The SMILES string of the molecule is CN1CCN(c2ncnc3c2cnn3C)[C@H](Cc2ccccc2)C1. The average Bonchev–Trinajstić information content (AvgIpc) is 2.98. The number of likely N-dealkylation sites (N-methyl/N-ethyl adjacent to an activating group) is 1. The van der Waals surface area contributed by atoms with E-state index in [1.807, 2.05) is 17.9 Å². The summed E-state index contributed by atoms with van der Waals surface area (Å²) in [6.07, 6.45) is 4.54. The first-order chi connectivity index (χ1) is 11.7. The summed E-state index contributed by atoms with van der Waals surface area (Å²) in [7, 11) is 4.11. The quantitative estimate of drug-likeness (QED) is 0.735. The molecule has 2 aromatic heterocycles. The highest BCUT2D eigenvalue weighted by Gasteiger charge is 2.28. The van der Waals surface area contributed by atoms with Gasteiger partial charge in [0.15, 0.2) is 5.65 Å². The zero-order valence-electron chi connectivity index (χ0n) is 14.1. The van der Waals surface area contributed by atoms with E-state index in [2.05, 4.69) is 62.2 Å². The van der Waals surface area contributed by atoms with Crippen molar-refractivity contribution in [2.45, 2.75) is 12.5 Å². The lowest BCUT2D eigenvalue weighted by molar-refractivity contribution is 0.265. The Morgan fingerprint density at radius 1 is 1.08 bits per heavy atom. The zero-order chi connectivity index (χ0) is 16.5. The molecule has 0 unspecified atom stereocenters. The molecule has 0 N–H and O–H groups in total. The molecule has 1 fully saturated rings. The summed E-state index contributed by atoms with van der Waals surface area (Å²) in [4.78, 5) is 13.8. The molecule has 0 aliphatic carbocycles. The summed E-state index contributed by atoms with van der Waals surface area (Å²) >= 11 is 0. The molecule has 0 bridgehead atoms. The van der Waals surface area contributed by atoms with Crippen LogP contribution in [-0.4, -0.2) is 57.4 Å². The standard InChI is InChI=1S/C18H22N6/c1-22-8-9-24(15(12-22)10-14-6-4-3-5-7-14)18-16-11-21-23(2)17(16)19-13-20-18/h3-7,11,13,15H,8-10,12H2,1-2H3/t15-/m1/s1. The first-order valence-corrected chi connectivity index (χ1v) is 8.34. The predicted molar refractivity (Wildman–Crippen MR) is 95.1 cm³/mol. The first kappa shape index (κ1) is 15.1. The second-order valence-electron chi connectivity index (χ2n) is 6.50. The molecule has 1 aliphatic rings. The van der Waals surface area contributed by atoms with Gasteiger partial charge in [0.05, 0.1) is 11.6 Å². The van der Waals surface area contributed by atoms with E-state index < -0.39 is 0 Å². The molecule has 0 amide bonds. The maximum Gasteiger partial charge on any atom is 0.163 e. The van der Waals surface area contributed by atoms with Crippen molar-refractivity contribution in [3.63, 3.8) is 0 Å². The molecule has 1 aliphatic heterocycles. The number of piperazine rings is 1. The summed E-state index contributed by atoms with van der Waals surface area (Å²) in [5.41, 5.74) is 2.25. The number of benzene rings is 1. The van der Waals surface area contributed by atoms with Gasteiger partial charge < -0.3 is 9.80 Å². The molecule has 0 spiro atoms. The van der Waals surface area contributed by atoms with Crippen molar-refractivity contribution in [3.8, 4) is 0 Å². The topological polar surface area (TPSA) is 50.1 Å². The molecule has 124 valence electrons. The normalized spacial score (nSPS) is 19.1. The average molecular weight is 322 g/mol. The van der Waals surface area contributed by atoms with E-state index >= 15 is 0 Å². The lowest BCUT2D eigenvalue weighted by atomic mass is 10.0. The zero-order valence-corrected chi connectivity index (χ0v) is 14.1. The minimum atomic E-state index is 0.393. The molecule has 6 nitrogen and oxygen atoms in total. The first-order valence-electron chi connectivity index (χ1n) is 8.34. The summed E-state index contributed by atoms with van der Waals surface area (Å²) in [5.74, 6) is 1.00. The number of hydrogen-bond donors (Lipinski definition) is 0. The van der Waals surface area contributed by atoms with Crippen LogP contribution in [-0.2, 0) is 13.5 Å². The van der Waals surface area contributed by atoms with Gasteiger partial charge in [0.2, 0.25) is 0 Å². The lowest BCUT2D eigenvalue weighted by Crippen LogP contribution is -2.53. The Bertz CT molecular complexity index is 828. The van der Waals surface area contributed by atoms with Crippen LogP contribution < -0.4 is 4.90 Å². The van der Waals surface area contributed by atoms with E-state index in [1.54, 1.807) is 6.33 Å². The number of rotatable bonds is 3. The van der Waals surface area contributed by atoms with Crippen LogP contribution in [0, 0.1) is 0 Å². The molecular formula is C18H22N6. The van der Waals surface area contributed by atoms with Gasteiger partial charge in [-0.15, -0.1) is 0 Å². The maximum absolute atomic E-state index is 4.60. The highest BCUT2D eigenvalue weighted by molar-refractivity contribution is 5.86. The van der Waals surface area contributed by atoms with Gasteiger partial charge in [-0.05, 0) is 19.0 Å². The highest BCUT2D eigenvalue weighted by Crippen LogP contribution is 2.27. The van der Waals surface area contributed by atoms with Gasteiger partial charge in [-0.3, -0.25) is 4.68 Å². The third-order valence-electron chi connectivity index (χ3n) is 4.78. The Kier molecular flexibility index (Phi) is 3.90. The largest absolute Gasteiger partial charge is 0.350 e. The van der Waals surface area contributed by atoms with Crippen LogP contribution in [0.1, 0.15) is 5.56 Å². The molecule has 0 saturated carbocycles. The van der Waals surface area contributed by atoms with Crippen LogP contribution in [0.4, 0.5) is 5.82 Å². The lowest BCUT2D eigenvalue weighted by Gasteiger charge is -2.41. The summed E-state index contributed by atoms with van der Waals surface area (Å²) in [6, 6.07) is 11.1. The van der Waals surface area contributed by atoms with Gasteiger partial charge >= 0.3 is 0 Å². The number of fused-ring (bicyclic) bond motifs is 1. The number of aryl methyl sites for hydroxylation is 1. The molecule has 1 atom stereocenters. The van der Waals surface area contributed by atoms with Crippen molar-refractivity contribution in [1.82, 2.24) is 24.6 Å². The number of aromatic nitrogens is 4. The van der Waals surface area contributed by atoms with Crippen LogP contribution in [0.3, 0.4) is 0 Å². The molecule has 1 aromatic carbocycles. The number of nitrogens with zero attached hydrogens (tertiary/aromatic N) is 6. The highest BCUT2D eigenvalue weighted by atomic mass is 15.3. The van der Waals surface area contributed by atoms with Crippen LogP contribution in [0.2, 0.25) is 0 Å².